The van der Waals surface area contributed by atoms with E-state index in [1.165, 1.54) is 0 Å². The summed E-state index contributed by atoms with van der Waals surface area (Å²) in [5.41, 5.74) is 4.53. The summed E-state index contributed by atoms with van der Waals surface area (Å²) in [4.78, 5) is 35.7. The zero-order valence-electron chi connectivity index (χ0n) is 18.0. The van der Waals surface area contributed by atoms with E-state index in [4.69, 9.17) is 4.74 Å². The van der Waals surface area contributed by atoms with Gasteiger partial charge in [0.1, 0.15) is 12.6 Å². The predicted molar refractivity (Wildman–Crippen MR) is 121 cm³/mol. The minimum absolute atomic E-state index is 0.0482. The Bertz CT molecular complexity index is 958. The fraction of sp³-hybridized carbons (Fsp3) is 0.320. The number of allylic oxidation sites excluding steroid dienone is 1. The highest BCUT2D eigenvalue weighted by Crippen LogP contribution is 2.44. The lowest BCUT2D eigenvalue weighted by Crippen LogP contribution is -2.44. The van der Waals surface area contributed by atoms with Crippen molar-refractivity contribution in [2.24, 2.45) is 0 Å². The molecule has 0 radical (unpaired) electrons. The third-order valence-corrected chi connectivity index (χ3v) is 5.49. The topological polar surface area (TPSA) is 105 Å². The van der Waals surface area contributed by atoms with E-state index in [-0.39, 0.29) is 25.4 Å². The van der Waals surface area contributed by atoms with Crippen LogP contribution in [-0.2, 0) is 14.3 Å². The molecular weight excluding hydrogens is 408 g/mol. The first-order valence-electron chi connectivity index (χ1n) is 10.6. The van der Waals surface area contributed by atoms with Crippen molar-refractivity contribution in [3.05, 3.63) is 72.3 Å². The molecule has 168 valence electrons. The van der Waals surface area contributed by atoms with Crippen molar-refractivity contribution in [2.45, 2.75) is 44.2 Å². The van der Waals surface area contributed by atoms with Crippen LogP contribution >= 0.6 is 0 Å². The number of fused-ring (bicyclic) bond motifs is 3. The predicted octanol–water partition coefficient (Wildman–Crippen LogP) is 3.84. The van der Waals surface area contributed by atoms with Gasteiger partial charge in [0.05, 0.1) is 0 Å². The lowest BCUT2D eigenvalue weighted by Gasteiger charge is -2.18. The van der Waals surface area contributed by atoms with E-state index < -0.39 is 30.1 Å². The number of carboxylic acids is 1. The van der Waals surface area contributed by atoms with Gasteiger partial charge in [0.25, 0.3) is 0 Å². The second kappa shape index (κ2) is 10.6. The second-order valence-electron chi connectivity index (χ2n) is 7.90. The molecule has 0 heterocycles. The quantitative estimate of drug-likeness (QED) is 0.491. The molecule has 0 fully saturated rings. The minimum Gasteiger partial charge on any atom is -0.480 e. The van der Waals surface area contributed by atoms with Crippen LogP contribution in [0.15, 0.2) is 61.2 Å². The molecule has 0 aliphatic heterocycles. The van der Waals surface area contributed by atoms with Gasteiger partial charge in [-0.1, -0.05) is 54.6 Å². The molecule has 2 aromatic rings. The number of benzene rings is 2. The first-order valence-corrected chi connectivity index (χ1v) is 10.6. The lowest BCUT2D eigenvalue weighted by atomic mass is 9.98. The monoisotopic (exact) mass is 436 g/mol. The summed E-state index contributed by atoms with van der Waals surface area (Å²) in [6.45, 7) is 5.41. The number of aliphatic carboxylic acids is 1. The molecule has 1 aliphatic rings. The van der Waals surface area contributed by atoms with Crippen LogP contribution < -0.4 is 10.6 Å². The molecule has 1 aliphatic carbocycles. The Morgan fingerprint density at radius 1 is 1.06 bits per heavy atom. The molecule has 2 atom stereocenters. The SMILES string of the molecule is C=CCCC(NC(=O)C[C@@H](C)NC(=O)OCC1c2ccccc2-c2ccccc21)C(=O)O. The molecule has 3 rings (SSSR count). The highest BCUT2D eigenvalue weighted by Gasteiger charge is 2.29. The molecule has 3 N–H and O–H groups in total. The summed E-state index contributed by atoms with van der Waals surface area (Å²) in [7, 11) is 0. The number of carbonyl (C=O) groups excluding carboxylic acids is 2. The molecule has 2 aromatic carbocycles. The number of hydrogen-bond donors (Lipinski definition) is 3. The number of nitrogens with one attached hydrogen (secondary N) is 2. The van der Waals surface area contributed by atoms with Gasteiger partial charge >= 0.3 is 12.1 Å². The van der Waals surface area contributed by atoms with E-state index in [0.717, 1.165) is 22.3 Å². The van der Waals surface area contributed by atoms with Gasteiger partial charge in [-0.15, -0.1) is 6.58 Å². The highest BCUT2D eigenvalue weighted by molar-refractivity contribution is 5.84. The van der Waals surface area contributed by atoms with Crippen molar-refractivity contribution in [1.29, 1.82) is 0 Å². The van der Waals surface area contributed by atoms with E-state index in [1.54, 1.807) is 13.0 Å². The molecule has 2 amide bonds. The smallest absolute Gasteiger partial charge is 0.407 e. The highest BCUT2D eigenvalue weighted by atomic mass is 16.5. The van der Waals surface area contributed by atoms with Gasteiger partial charge in [0.15, 0.2) is 0 Å². The Balaban J connectivity index is 1.51. The van der Waals surface area contributed by atoms with Crippen LogP contribution in [0.4, 0.5) is 4.79 Å². The third-order valence-electron chi connectivity index (χ3n) is 5.49. The van der Waals surface area contributed by atoms with Crippen molar-refractivity contribution < 1.29 is 24.2 Å². The van der Waals surface area contributed by atoms with Crippen molar-refractivity contribution in [3.8, 4) is 11.1 Å². The summed E-state index contributed by atoms with van der Waals surface area (Å²) in [5.74, 6) is -1.60. The Hall–Kier alpha value is -3.61. The Kier molecular flexibility index (Phi) is 7.65. The third kappa shape index (κ3) is 5.55. The number of hydrogen-bond acceptors (Lipinski definition) is 4. The van der Waals surface area contributed by atoms with Crippen LogP contribution in [0.5, 0.6) is 0 Å². The average Bonchev–Trinajstić information content (AvgIpc) is 3.08. The number of carbonyl (C=O) groups is 3. The van der Waals surface area contributed by atoms with Crippen LogP contribution in [0, 0.1) is 0 Å². The van der Waals surface area contributed by atoms with E-state index in [0.29, 0.717) is 6.42 Å². The molecule has 7 nitrogen and oxygen atoms in total. The van der Waals surface area contributed by atoms with Crippen LogP contribution in [-0.4, -0.2) is 41.8 Å². The van der Waals surface area contributed by atoms with Gasteiger partial charge in [0, 0.05) is 18.4 Å². The summed E-state index contributed by atoms with van der Waals surface area (Å²) >= 11 is 0. The van der Waals surface area contributed by atoms with Crippen LogP contribution in [0.1, 0.15) is 43.2 Å². The molecule has 0 bridgehead atoms. The molecular formula is C25H28N2O5. The Morgan fingerprint density at radius 2 is 1.66 bits per heavy atom. The summed E-state index contributed by atoms with van der Waals surface area (Å²) in [6, 6.07) is 14.6. The van der Waals surface area contributed by atoms with E-state index in [1.807, 2.05) is 36.4 Å². The molecule has 7 heteroatoms. The van der Waals surface area contributed by atoms with Crippen molar-refractivity contribution in [1.82, 2.24) is 10.6 Å². The van der Waals surface area contributed by atoms with Gasteiger partial charge in [-0.25, -0.2) is 9.59 Å². The van der Waals surface area contributed by atoms with Crippen molar-refractivity contribution >= 4 is 18.0 Å². The fourth-order valence-electron chi connectivity index (χ4n) is 3.97. The standard InChI is InChI=1S/C25H28N2O5/c1-3-4-13-22(24(29)30)27-23(28)14-16(2)26-25(31)32-15-21-19-11-7-5-9-17(19)18-10-6-8-12-20(18)21/h3,5-12,16,21-22H,1,4,13-15H2,2H3,(H,26,31)(H,27,28)(H,29,30)/t16-,22?/m1/s1. The van der Waals surface area contributed by atoms with Crippen LogP contribution in [0.25, 0.3) is 11.1 Å². The number of amides is 2. The maximum Gasteiger partial charge on any atom is 0.407 e. The molecule has 1 unspecified atom stereocenters. The fourth-order valence-corrected chi connectivity index (χ4v) is 3.97. The maximum absolute atomic E-state index is 12.3. The summed E-state index contributed by atoms with van der Waals surface area (Å²) < 4.78 is 5.48. The van der Waals surface area contributed by atoms with E-state index in [9.17, 15) is 19.5 Å². The number of carboxylic acid groups (broad SMARTS) is 1. The zero-order chi connectivity index (χ0) is 23.1. The first-order chi connectivity index (χ1) is 15.4. The molecule has 0 spiro atoms. The number of alkyl carbamates (subject to hydrolysis) is 1. The maximum atomic E-state index is 12.3. The summed E-state index contributed by atoms with van der Waals surface area (Å²) in [5, 5.41) is 14.3. The van der Waals surface area contributed by atoms with Gasteiger partial charge in [-0.2, -0.15) is 0 Å². The average molecular weight is 437 g/mol. The minimum atomic E-state index is -1.10. The first kappa shape index (κ1) is 23.1. The van der Waals surface area contributed by atoms with E-state index >= 15 is 0 Å². The van der Waals surface area contributed by atoms with Gasteiger partial charge < -0.3 is 20.5 Å². The molecule has 32 heavy (non-hydrogen) atoms. The zero-order valence-corrected chi connectivity index (χ0v) is 18.0. The van der Waals surface area contributed by atoms with Gasteiger partial charge in [0.2, 0.25) is 5.91 Å². The molecule has 0 saturated carbocycles. The van der Waals surface area contributed by atoms with Crippen molar-refractivity contribution in [3.63, 3.8) is 0 Å². The van der Waals surface area contributed by atoms with E-state index in [2.05, 4.69) is 29.3 Å². The Labute approximate surface area is 187 Å². The Morgan fingerprint density at radius 3 is 2.22 bits per heavy atom. The number of ether oxygens (including phenoxy) is 1. The second-order valence-corrected chi connectivity index (χ2v) is 7.90. The van der Waals surface area contributed by atoms with Gasteiger partial charge in [-0.05, 0) is 42.0 Å². The molecule has 0 saturated heterocycles. The lowest BCUT2D eigenvalue weighted by molar-refractivity contribution is -0.142. The summed E-state index contributed by atoms with van der Waals surface area (Å²) in [6.07, 6.45) is 1.67. The van der Waals surface area contributed by atoms with Crippen molar-refractivity contribution in [2.75, 3.05) is 6.61 Å². The van der Waals surface area contributed by atoms with Crippen LogP contribution in [0.3, 0.4) is 0 Å². The number of rotatable bonds is 10. The molecule has 0 aromatic heterocycles. The van der Waals surface area contributed by atoms with Gasteiger partial charge in [-0.3, -0.25) is 4.79 Å². The largest absolute Gasteiger partial charge is 0.480 e. The normalized spacial score (nSPS) is 13.9. The van der Waals surface area contributed by atoms with Crippen LogP contribution in [0.2, 0.25) is 0 Å².